The van der Waals surface area contributed by atoms with E-state index in [9.17, 15) is 18.0 Å². The van der Waals surface area contributed by atoms with Gasteiger partial charge in [-0.3, -0.25) is 4.79 Å². The third-order valence-corrected chi connectivity index (χ3v) is 6.68. The van der Waals surface area contributed by atoms with Crippen molar-refractivity contribution in [2.45, 2.75) is 20.3 Å². The van der Waals surface area contributed by atoms with Crippen LogP contribution in [0, 0.1) is 5.41 Å². The summed E-state index contributed by atoms with van der Waals surface area (Å²) in [6, 6.07) is -0.146. The molecule has 0 unspecified atom stereocenters. The van der Waals surface area contributed by atoms with Gasteiger partial charge in [0.2, 0.25) is 15.9 Å². The quantitative estimate of drug-likeness (QED) is 0.702. The number of nitrogens with zero attached hydrogens (tertiary/aromatic N) is 4. The standard InChI is InChI=1S/C15H28N4O4S/c1-5-17-10-15(9-13(17)20)11-18(14(21)16(3)4)7-8-19(12-15)24(22,23)6-2/h5-12H2,1-4H3/t15-/m1/s1. The van der Waals surface area contributed by atoms with E-state index in [1.807, 2.05) is 6.92 Å². The predicted octanol–water partition coefficient (Wildman–Crippen LogP) is -0.126. The molecule has 0 N–H and O–H groups in total. The highest BCUT2D eigenvalue weighted by Gasteiger charge is 2.48. The highest BCUT2D eigenvalue weighted by Crippen LogP contribution is 2.36. The molecule has 2 saturated heterocycles. The molecule has 1 atom stereocenters. The second-order valence-corrected chi connectivity index (χ2v) is 9.17. The van der Waals surface area contributed by atoms with Crippen LogP contribution in [0.25, 0.3) is 0 Å². The molecule has 2 heterocycles. The molecule has 0 aromatic heterocycles. The van der Waals surface area contributed by atoms with Crippen LogP contribution >= 0.6 is 0 Å². The smallest absolute Gasteiger partial charge is 0.319 e. The van der Waals surface area contributed by atoms with E-state index in [0.29, 0.717) is 32.7 Å². The van der Waals surface area contributed by atoms with Crippen LogP contribution in [0.1, 0.15) is 20.3 Å². The van der Waals surface area contributed by atoms with Gasteiger partial charge in [0.05, 0.1) is 5.75 Å². The summed E-state index contributed by atoms with van der Waals surface area (Å²) >= 11 is 0. The van der Waals surface area contributed by atoms with Gasteiger partial charge in [0.1, 0.15) is 0 Å². The Morgan fingerprint density at radius 1 is 1.17 bits per heavy atom. The molecule has 8 nitrogen and oxygen atoms in total. The van der Waals surface area contributed by atoms with Crippen molar-refractivity contribution in [3.8, 4) is 0 Å². The van der Waals surface area contributed by atoms with Gasteiger partial charge in [-0.15, -0.1) is 0 Å². The van der Waals surface area contributed by atoms with Gasteiger partial charge in [-0.05, 0) is 13.8 Å². The first-order valence-corrected chi connectivity index (χ1v) is 9.97. The number of carbonyl (C=O) groups excluding carboxylic acids is 2. The predicted molar refractivity (Wildman–Crippen MR) is 91.0 cm³/mol. The maximum absolute atomic E-state index is 12.4. The summed E-state index contributed by atoms with van der Waals surface area (Å²) in [6.45, 7) is 5.95. The number of hydrogen-bond donors (Lipinski definition) is 0. The van der Waals surface area contributed by atoms with Gasteiger partial charge in [-0.2, -0.15) is 4.31 Å². The Bertz CT molecular complexity index is 607. The van der Waals surface area contributed by atoms with E-state index in [-0.39, 0.29) is 30.7 Å². The van der Waals surface area contributed by atoms with Crippen molar-refractivity contribution in [1.82, 2.24) is 19.0 Å². The molecule has 2 rings (SSSR count). The molecule has 9 heteroatoms. The van der Waals surface area contributed by atoms with Crippen LogP contribution in [0.2, 0.25) is 0 Å². The van der Waals surface area contributed by atoms with Gasteiger partial charge in [0, 0.05) is 65.2 Å². The molecule has 0 bridgehead atoms. The van der Waals surface area contributed by atoms with Crippen molar-refractivity contribution >= 4 is 22.0 Å². The van der Waals surface area contributed by atoms with Gasteiger partial charge >= 0.3 is 6.03 Å². The molecule has 24 heavy (non-hydrogen) atoms. The average molecular weight is 360 g/mol. The first-order chi connectivity index (χ1) is 11.1. The molecule has 0 radical (unpaired) electrons. The zero-order valence-corrected chi connectivity index (χ0v) is 15.8. The summed E-state index contributed by atoms with van der Waals surface area (Å²) in [5.41, 5.74) is -0.530. The molecule has 138 valence electrons. The Hall–Kier alpha value is -1.35. The van der Waals surface area contributed by atoms with Crippen LogP contribution in [0.15, 0.2) is 0 Å². The van der Waals surface area contributed by atoms with E-state index in [1.54, 1.807) is 30.8 Å². The number of amides is 3. The number of likely N-dealkylation sites (tertiary alicyclic amines) is 1. The Morgan fingerprint density at radius 2 is 1.83 bits per heavy atom. The Kier molecular flexibility index (Phi) is 5.44. The fraction of sp³-hybridized carbons (Fsp3) is 0.867. The van der Waals surface area contributed by atoms with Crippen molar-refractivity contribution in [3.63, 3.8) is 0 Å². The van der Waals surface area contributed by atoms with Gasteiger partial charge < -0.3 is 14.7 Å². The van der Waals surface area contributed by atoms with Crippen LogP contribution in [0.4, 0.5) is 4.79 Å². The summed E-state index contributed by atoms with van der Waals surface area (Å²) in [4.78, 5) is 29.6. The summed E-state index contributed by atoms with van der Waals surface area (Å²) in [5, 5.41) is 0. The van der Waals surface area contributed by atoms with Gasteiger partial charge in [-0.1, -0.05) is 0 Å². The lowest BCUT2D eigenvalue weighted by Crippen LogP contribution is -2.47. The second kappa shape index (κ2) is 6.87. The largest absolute Gasteiger partial charge is 0.342 e. The molecule has 0 aliphatic carbocycles. The van der Waals surface area contributed by atoms with Gasteiger partial charge in [0.25, 0.3) is 0 Å². The normalized spacial score (nSPS) is 26.1. The van der Waals surface area contributed by atoms with Gasteiger partial charge in [-0.25, -0.2) is 13.2 Å². The van der Waals surface area contributed by atoms with Gasteiger partial charge in [0.15, 0.2) is 0 Å². The number of carbonyl (C=O) groups is 2. The number of rotatable bonds is 3. The molecule has 3 amide bonds. The minimum absolute atomic E-state index is 0.0240. The topological polar surface area (TPSA) is 81.2 Å². The fourth-order valence-corrected chi connectivity index (χ4v) is 4.76. The molecule has 2 fully saturated rings. The van der Waals surface area contributed by atoms with Crippen LogP contribution in [0.5, 0.6) is 0 Å². The molecular formula is C15H28N4O4S. The highest BCUT2D eigenvalue weighted by molar-refractivity contribution is 7.89. The van der Waals surface area contributed by atoms with E-state index in [0.717, 1.165) is 0 Å². The monoisotopic (exact) mass is 360 g/mol. The molecule has 0 saturated carbocycles. The van der Waals surface area contributed by atoms with E-state index in [4.69, 9.17) is 0 Å². The Morgan fingerprint density at radius 3 is 2.33 bits per heavy atom. The number of urea groups is 1. The van der Waals surface area contributed by atoms with Crippen molar-refractivity contribution in [3.05, 3.63) is 0 Å². The second-order valence-electron chi connectivity index (χ2n) is 6.92. The summed E-state index contributed by atoms with van der Waals surface area (Å²) in [7, 11) is -0.00881. The van der Waals surface area contributed by atoms with E-state index >= 15 is 0 Å². The number of sulfonamides is 1. The summed E-state index contributed by atoms with van der Waals surface area (Å²) in [6.07, 6.45) is 0.285. The van der Waals surface area contributed by atoms with Crippen LogP contribution < -0.4 is 0 Å². The zero-order chi connectivity index (χ0) is 18.1. The highest BCUT2D eigenvalue weighted by atomic mass is 32.2. The van der Waals surface area contributed by atoms with Crippen molar-refractivity contribution in [2.75, 3.05) is 59.1 Å². The van der Waals surface area contributed by atoms with Crippen LogP contribution in [-0.2, 0) is 14.8 Å². The third kappa shape index (κ3) is 3.66. The average Bonchev–Trinajstić information content (AvgIpc) is 2.71. The maximum Gasteiger partial charge on any atom is 0.319 e. The first kappa shape index (κ1) is 19.0. The zero-order valence-electron chi connectivity index (χ0n) is 15.0. The Labute approximate surface area is 144 Å². The fourth-order valence-electron chi connectivity index (χ4n) is 3.57. The first-order valence-electron chi connectivity index (χ1n) is 8.36. The van der Waals surface area contributed by atoms with E-state index in [2.05, 4.69) is 0 Å². The van der Waals surface area contributed by atoms with E-state index in [1.165, 1.54) is 9.21 Å². The molecule has 0 aromatic rings. The number of hydrogen-bond acceptors (Lipinski definition) is 4. The lowest BCUT2D eigenvalue weighted by atomic mass is 9.86. The van der Waals surface area contributed by atoms with E-state index < -0.39 is 15.4 Å². The molecule has 2 aliphatic heterocycles. The van der Waals surface area contributed by atoms with Crippen LogP contribution in [0.3, 0.4) is 0 Å². The SMILES string of the molecule is CCN1C[C@]2(CC1=O)CN(C(=O)N(C)C)CCN(S(=O)(=O)CC)C2. The lowest BCUT2D eigenvalue weighted by Gasteiger charge is -2.34. The Balaban J connectivity index is 2.35. The lowest BCUT2D eigenvalue weighted by molar-refractivity contribution is -0.127. The third-order valence-electron chi connectivity index (χ3n) is 4.86. The molecule has 2 aliphatic rings. The minimum atomic E-state index is -3.37. The summed E-state index contributed by atoms with van der Waals surface area (Å²) in [5.74, 6) is 0.0568. The molecule has 0 aromatic carbocycles. The van der Waals surface area contributed by atoms with Crippen molar-refractivity contribution < 1.29 is 18.0 Å². The minimum Gasteiger partial charge on any atom is -0.342 e. The maximum atomic E-state index is 12.4. The molecular weight excluding hydrogens is 332 g/mol. The van der Waals surface area contributed by atoms with Crippen molar-refractivity contribution in [1.29, 1.82) is 0 Å². The summed E-state index contributed by atoms with van der Waals surface area (Å²) < 4.78 is 26.3. The van der Waals surface area contributed by atoms with Crippen molar-refractivity contribution in [2.24, 2.45) is 5.41 Å². The molecule has 1 spiro atoms. The van der Waals surface area contributed by atoms with Crippen LogP contribution in [-0.4, -0.2) is 98.5 Å².